The van der Waals surface area contributed by atoms with E-state index in [9.17, 15) is 14.7 Å². The Morgan fingerprint density at radius 3 is 2.37 bits per heavy atom. The van der Waals surface area contributed by atoms with E-state index in [0.717, 1.165) is 43.5 Å². The number of hydrogen-bond donors (Lipinski definition) is 1. The van der Waals surface area contributed by atoms with E-state index in [2.05, 4.69) is 18.4 Å². The molecule has 27 heavy (non-hydrogen) atoms. The number of aromatic nitrogens is 1. The molecule has 0 aromatic carbocycles. The number of carbonyl (C=O) groups excluding carboxylic acids is 2. The Hall–Kier alpha value is -1.62. The van der Waals surface area contributed by atoms with E-state index in [-0.39, 0.29) is 24.4 Å². The van der Waals surface area contributed by atoms with Gasteiger partial charge in [-0.15, -0.1) is 0 Å². The first-order valence-electron chi connectivity index (χ1n) is 10.2. The largest absolute Gasteiger partial charge is 0.457 e. The van der Waals surface area contributed by atoms with Crippen LogP contribution < -0.4 is 0 Å². The van der Waals surface area contributed by atoms with Crippen LogP contribution >= 0.6 is 0 Å². The number of Topliss-reactive ketones (excluding diaryl/α,β-unsaturated/α-hetero) is 1. The van der Waals surface area contributed by atoms with Gasteiger partial charge in [0.1, 0.15) is 0 Å². The SMILES string of the molecule is Cc1cc(C(=O)COC(=O)C23C[C@@H]4C[C@@H](CC(O)(C4)C2)C3)c(C)n1C(C)C. The van der Waals surface area contributed by atoms with Crippen molar-refractivity contribution in [1.29, 1.82) is 0 Å². The van der Waals surface area contributed by atoms with Crippen LogP contribution in [-0.2, 0) is 9.53 Å². The first kappa shape index (κ1) is 18.7. The number of rotatable bonds is 5. The van der Waals surface area contributed by atoms with Crippen molar-refractivity contribution in [2.45, 2.75) is 77.9 Å². The molecule has 1 N–H and O–H groups in total. The van der Waals surface area contributed by atoms with Gasteiger partial charge in [-0.05, 0) is 84.1 Å². The molecule has 5 rings (SSSR count). The van der Waals surface area contributed by atoms with E-state index >= 15 is 0 Å². The van der Waals surface area contributed by atoms with Crippen molar-refractivity contribution in [2.24, 2.45) is 17.3 Å². The summed E-state index contributed by atoms with van der Waals surface area (Å²) in [5.74, 6) is 0.418. The first-order chi connectivity index (χ1) is 12.6. The Balaban J connectivity index is 1.46. The molecule has 0 radical (unpaired) electrons. The van der Waals surface area contributed by atoms with Gasteiger partial charge in [0.15, 0.2) is 6.61 Å². The van der Waals surface area contributed by atoms with Crippen LogP contribution in [0.4, 0.5) is 0 Å². The second-order valence-electron chi connectivity index (χ2n) is 9.71. The third-order valence-corrected chi connectivity index (χ3v) is 7.10. The maximum atomic E-state index is 12.9. The van der Waals surface area contributed by atoms with Crippen molar-refractivity contribution < 1.29 is 19.4 Å². The van der Waals surface area contributed by atoms with Crippen molar-refractivity contribution >= 4 is 11.8 Å². The maximum absolute atomic E-state index is 12.9. The van der Waals surface area contributed by atoms with E-state index in [0.29, 0.717) is 23.8 Å². The fraction of sp³-hybridized carbons (Fsp3) is 0.727. The zero-order valence-corrected chi connectivity index (χ0v) is 16.9. The van der Waals surface area contributed by atoms with Crippen LogP contribution in [0.5, 0.6) is 0 Å². The van der Waals surface area contributed by atoms with Crippen molar-refractivity contribution in [3.8, 4) is 0 Å². The van der Waals surface area contributed by atoms with Crippen molar-refractivity contribution in [2.75, 3.05) is 6.61 Å². The summed E-state index contributed by atoms with van der Waals surface area (Å²) in [6, 6.07) is 2.17. The molecule has 0 aliphatic heterocycles. The standard InChI is InChI=1S/C22H31NO4/c1-13(2)23-14(3)5-18(15(23)4)19(24)11-27-20(25)21-7-16-6-17(8-21)10-22(26,9-16)12-21/h5,13,16-17,26H,6-12H2,1-4H3/t16-,17+,21?,22?. The van der Waals surface area contributed by atoms with E-state index in [1.54, 1.807) is 0 Å². The van der Waals surface area contributed by atoms with Crippen LogP contribution in [0.15, 0.2) is 6.07 Å². The van der Waals surface area contributed by atoms with Gasteiger partial charge >= 0.3 is 5.97 Å². The predicted molar refractivity (Wildman–Crippen MR) is 102 cm³/mol. The molecule has 4 bridgehead atoms. The molecule has 5 heteroatoms. The summed E-state index contributed by atoms with van der Waals surface area (Å²) in [5, 5.41) is 10.8. The Labute approximate surface area is 161 Å². The molecule has 4 fully saturated rings. The third kappa shape index (κ3) is 3.04. The summed E-state index contributed by atoms with van der Waals surface area (Å²) in [4.78, 5) is 25.7. The van der Waals surface area contributed by atoms with Gasteiger partial charge in [0.25, 0.3) is 0 Å². The Morgan fingerprint density at radius 1 is 1.22 bits per heavy atom. The van der Waals surface area contributed by atoms with Gasteiger partial charge in [0.05, 0.1) is 11.0 Å². The van der Waals surface area contributed by atoms with Crippen LogP contribution in [0.25, 0.3) is 0 Å². The molecule has 4 aliphatic rings. The van der Waals surface area contributed by atoms with E-state index in [1.165, 1.54) is 0 Å². The average molecular weight is 373 g/mol. The molecule has 5 nitrogen and oxygen atoms in total. The molecule has 1 heterocycles. The molecule has 0 amide bonds. The van der Waals surface area contributed by atoms with E-state index in [1.807, 2.05) is 19.9 Å². The lowest BCUT2D eigenvalue weighted by Gasteiger charge is -2.58. The Kier molecular flexibility index (Phi) is 4.30. The van der Waals surface area contributed by atoms with Gasteiger partial charge in [-0.3, -0.25) is 9.59 Å². The van der Waals surface area contributed by atoms with Crippen LogP contribution in [0.3, 0.4) is 0 Å². The minimum Gasteiger partial charge on any atom is -0.457 e. The summed E-state index contributed by atoms with van der Waals surface area (Å²) >= 11 is 0. The molecule has 2 unspecified atom stereocenters. The Morgan fingerprint density at radius 2 is 1.85 bits per heavy atom. The van der Waals surface area contributed by atoms with E-state index < -0.39 is 11.0 Å². The number of hydrogen-bond acceptors (Lipinski definition) is 4. The zero-order chi connectivity index (χ0) is 19.6. The van der Waals surface area contributed by atoms with E-state index in [4.69, 9.17) is 4.74 Å². The maximum Gasteiger partial charge on any atom is 0.312 e. The summed E-state index contributed by atoms with van der Waals surface area (Å²) in [6.45, 7) is 7.90. The van der Waals surface area contributed by atoms with Crippen molar-refractivity contribution in [3.05, 3.63) is 23.0 Å². The van der Waals surface area contributed by atoms with Crippen molar-refractivity contribution in [3.63, 3.8) is 0 Å². The van der Waals surface area contributed by atoms with Gasteiger partial charge in [-0.1, -0.05) is 0 Å². The van der Waals surface area contributed by atoms with Gasteiger partial charge in [-0.25, -0.2) is 0 Å². The normalized spacial score (nSPS) is 34.3. The minimum absolute atomic E-state index is 0.146. The summed E-state index contributed by atoms with van der Waals surface area (Å²) in [5.41, 5.74) is 1.33. The topological polar surface area (TPSA) is 68.5 Å². The minimum atomic E-state index is -0.699. The molecular weight excluding hydrogens is 342 g/mol. The number of aryl methyl sites for hydroxylation is 1. The third-order valence-electron chi connectivity index (χ3n) is 7.10. The number of ether oxygens (including phenoxy) is 1. The lowest BCUT2D eigenvalue weighted by Crippen LogP contribution is -2.58. The van der Waals surface area contributed by atoms with Crippen LogP contribution in [0.2, 0.25) is 0 Å². The smallest absolute Gasteiger partial charge is 0.312 e. The molecule has 4 atom stereocenters. The summed E-state index contributed by atoms with van der Waals surface area (Å²) in [6.07, 6.45) is 4.87. The average Bonchev–Trinajstić information content (AvgIpc) is 2.84. The monoisotopic (exact) mass is 373 g/mol. The molecule has 1 aromatic heterocycles. The number of esters is 1. The van der Waals surface area contributed by atoms with Gasteiger partial charge in [0.2, 0.25) is 5.78 Å². The summed E-state index contributed by atoms with van der Waals surface area (Å²) < 4.78 is 7.67. The van der Waals surface area contributed by atoms with Crippen molar-refractivity contribution in [1.82, 2.24) is 4.57 Å². The molecule has 0 spiro atoms. The Bertz CT molecular complexity index is 776. The van der Waals surface area contributed by atoms with Crippen LogP contribution in [-0.4, -0.2) is 33.6 Å². The highest BCUT2D eigenvalue weighted by Crippen LogP contribution is 2.61. The van der Waals surface area contributed by atoms with Gasteiger partial charge < -0.3 is 14.4 Å². The molecule has 4 saturated carbocycles. The number of ketones is 1. The number of carbonyl (C=O) groups is 2. The zero-order valence-electron chi connectivity index (χ0n) is 16.9. The highest BCUT2D eigenvalue weighted by molar-refractivity contribution is 5.99. The molecular formula is C22H31NO4. The fourth-order valence-corrected chi connectivity index (χ4v) is 6.67. The quantitative estimate of drug-likeness (QED) is 0.630. The van der Waals surface area contributed by atoms with Crippen LogP contribution in [0, 0.1) is 31.1 Å². The lowest BCUT2D eigenvalue weighted by atomic mass is 9.48. The number of nitrogens with zero attached hydrogens (tertiary/aromatic N) is 1. The molecule has 4 aliphatic carbocycles. The fourth-order valence-electron chi connectivity index (χ4n) is 6.67. The first-order valence-corrected chi connectivity index (χ1v) is 10.2. The summed E-state index contributed by atoms with van der Waals surface area (Å²) in [7, 11) is 0. The van der Waals surface area contributed by atoms with Gasteiger partial charge in [-0.2, -0.15) is 0 Å². The molecule has 148 valence electrons. The lowest BCUT2D eigenvalue weighted by molar-refractivity contribution is -0.195. The highest BCUT2D eigenvalue weighted by atomic mass is 16.5. The predicted octanol–water partition coefficient (Wildman–Crippen LogP) is 3.74. The second kappa shape index (κ2) is 6.20. The van der Waals surface area contributed by atoms with Crippen LogP contribution in [0.1, 0.15) is 80.2 Å². The molecule has 1 aromatic rings. The second-order valence-corrected chi connectivity index (χ2v) is 9.71. The highest BCUT2D eigenvalue weighted by Gasteiger charge is 2.60. The molecule has 0 saturated heterocycles. The number of aliphatic hydroxyl groups is 1. The van der Waals surface area contributed by atoms with Gasteiger partial charge in [0, 0.05) is 23.0 Å².